The summed E-state index contributed by atoms with van der Waals surface area (Å²) in [5.74, 6) is 0.818. The van der Waals surface area contributed by atoms with Crippen LogP contribution in [0.1, 0.15) is 41.3 Å². The van der Waals surface area contributed by atoms with Gasteiger partial charge < -0.3 is 19.9 Å². The van der Waals surface area contributed by atoms with Gasteiger partial charge in [0.1, 0.15) is 5.75 Å². The number of hydrogen-bond donors (Lipinski definition) is 1. The zero-order valence-corrected chi connectivity index (χ0v) is 18.8. The molecule has 2 aromatic carbocycles. The summed E-state index contributed by atoms with van der Waals surface area (Å²) < 4.78 is 5.17. The molecule has 7 heteroatoms. The molecule has 0 unspecified atom stereocenters. The molecular weight excluding hydrogens is 406 g/mol. The van der Waals surface area contributed by atoms with Crippen molar-refractivity contribution in [2.24, 2.45) is 0 Å². The van der Waals surface area contributed by atoms with Crippen molar-refractivity contribution in [1.29, 1.82) is 0 Å². The van der Waals surface area contributed by atoms with E-state index in [1.54, 1.807) is 19.2 Å². The average Bonchev–Trinajstić information content (AvgIpc) is 3.08. The van der Waals surface area contributed by atoms with Gasteiger partial charge in [-0.3, -0.25) is 14.4 Å². The normalized spacial score (nSPS) is 13.9. The summed E-state index contributed by atoms with van der Waals surface area (Å²) in [6, 6.07) is 15.1. The predicted molar refractivity (Wildman–Crippen MR) is 122 cm³/mol. The third kappa shape index (κ3) is 6.57. The lowest BCUT2D eigenvalue weighted by molar-refractivity contribution is -0.131. The van der Waals surface area contributed by atoms with Gasteiger partial charge in [-0.2, -0.15) is 0 Å². The molecule has 1 heterocycles. The Kier molecular flexibility index (Phi) is 8.25. The number of amides is 3. The number of aryl methyl sites for hydroxylation is 1. The molecule has 1 aliphatic heterocycles. The van der Waals surface area contributed by atoms with Crippen LogP contribution >= 0.6 is 0 Å². The molecular formula is C25H31N3O4. The van der Waals surface area contributed by atoms with E-state index in [0.717, 1.165) is 23.3 Å². The molecule has 1 fully saturated rings. The van der Waals surface area contributed by atoms with E-state index in [0.29, 0.717) is 51.1 Å². The minimum Gasteiger partial charge on any atom is -0.497 e. The molecule has 0 aliphatic carbocycles. The molecule has 1 saturated heterocycles. The van der Waals surface area contributed by atoms with Crippen molar-refractivity contribution in [2.75, 3.05) is 33.3 Å². The van der Waals surface area contributed by atoms with Gasteiger partial charge in [-0.05, 0) is 48.2 Å². The van der Waals surface area contributed by atoms with Crippen molar-refractivity contribution in [1.82, 2.24) is 15.1 Å². The molecule has 1 aliphatic rings. The number of carbonyl (C=O) groups is 3. The lowest BCUT2D eigenvalue weighted by Gasteiger charge is -2.22. The maximum absolute atomic E-state index is 12.9. The molecule has 0 radical (unpaired) electrons. The molecule has 32 heavy (non-hydrogen) atoms. The monoisotopic (exact) mass is 437 g/mol. The summed E-state index contributed by atoms with van der Waals surface area (Å²) in [6.45, 7) is 4.30. The van der Waals surface area contributed by atoms with Crippen molar-refractivity contribution in [3.63, 3.8) is 0 Å². The molecule has 0 aromatic heterocycles. The van der Waals surface area contributed by atoms with Crippen LogP contribution in [-0.2, 0) is 22.6 Å². The molecule has 0 spiro atoms. The minimum absolute atomic E-state index is 0.0244. The molecule has 0 saturated carbocycles. The van der Waals surface area contributed by atoms with Crippen LogP contribution in [0.5, 0.6) is 5.75 Å². The van der Waals surface area contributed by atoms with Crippen LogP contribution < -0.4 is 10.1 Å². The fourth-order valence-corrected chi connectivity index (χ4v) is 3.75. The average molecular weight is 438 g/mol. The Labute approximate surface area is 189 Å². The first-order chi connectivity index (χ1) is 15.5. The van der Waals surface area contributed by atoms with Crippen LogP contribution in [-0.4, -0.2) is 60.8 Å². The van der Waals surface area contributed by atoms with E-state index in [1.165, 1.54) is 6.92 Å². The van der Waals surface area contributed by atoms with Crippen LogP contribution in [0.4, 0.5) is 0 Å². The molecule has 170 valence electrons. The van der Waals surface area contributed by atoms with Crippen LogP contribution in [0, 0.1) is 0 Å². The summed E-state index contributed by atoms with van der Waals surface area (Å²) in [5.41, 5.74) is 2.67. The van der Waals surface area contributed by atoms with E-state index in [-0.39, 0.29) is 17.7 Å². The quantitative estimate of drug-likeness (QED) is 0.722. The van der Waals surface area contributed by atoms with E-state index < -0.39 is 0 Å². The van der Waals surface area contributed by atoms with Crippen LogP contribution in [0.25, 0.3) is 0 Å². The summed E-state index contributed by atoms with van der Waals surface area (Å²) in [7, 11) is 1.63. The lowest BCUT2D eigenvalue weighted by atomic mass is 10.1. The number of benzene rings is 2. The summed E-state index contributed by atoms with van der Waals surface area (Å²) in [4.78, 5) is 40.3. The molecule has 2 aromatic rings. The number of nitrogens with one attached hydrogen (secondary N) is 1. The van der Waals surface area contributed by atoms with Gasteiger partial charge in [0.25, 0.3) is 5.91 Å². The predicted octanol–water partition coefficient (Wildman–Crippen LogP) is 2.64. The molecule has 0 atom stereocenters. The molecule has 0 bridgehead atoms. The van der Waals surface area contributed by atoms with Gasteiger partial charge >= 0.3 is 0 Å². The van der Waals surface area contributed by atoms with Gasteiger partial charge in [0.15, 0.2) is 0 Å². The van der Waals surface area contributed by atoms with E-state index in [1.807, 2.05) is 46.2 Å². The molecule has 7 nitrogen and oxygen atoms in total. The Morgan fingerprint density at radius 3 is 2.16 bits per heavy atom. The maximum atomic E-state index is 12.9. The van der Waals surface area contributed by atoms with Crippen molar-refractivity contribution in [3.05, 3.63) is 65.2 Å². The second-order valence-electron chi connectivity index (χ2n) is 7.98. The molecule has 1 N–H and O–H groups in total. The Hall–Kier alpha value is -3.35. The molecule has 3 amide bonds. The topological polar surface area (TPSA) is 79.0 Å². The van der Waals surface area contributed by atoms with Crippen molar-refractivity contribution in [3.8, 4) is 5.75 Å². The Morgan fingerprint density at radius 1 is 0.875 bits per heavy atom. The first-order valence-corrected chi connectivity index (χ1v) is 11.0. The van der Waals surface area contributed by atoms with Gasteiger partial charge in [0.2, 0.25) is 11.8 Å². The number of hydrogen-bond acceptors (Lipinski definition) is 4. The van der Waals surface area contributed by atoms with Gasteiger partial charge in [0, 0.05) is 51.6 Å². The first kappa shape index (κ1) is 23.3. The SMILES string of the molecule is COc1ccc(CCC(=O)N2CCCN(C(=O)c3ccc(CNC(C)=O)cc3)CC2)cc1. The standard InChI is InChI=1S/C25H31N3O4/c1-19(29)26-18-21-4-9-22(10-5-21)25(31)28-15-3-14-27(16-17-28)24(30)13-8-20-6-11-23(32-2)12-7-20/h4-7,9-12H,3,8,13-18H2,1-2H3,(H,26,29). The number of nitrogens with zero attached hydrogens (tertiary/aromatic N) is 2. The second kappa shape index (κ2) is 11.3. The lowest BCUT2D eigenvalue weighted by Crippen LogP contribution is -2.37. The number of ether oxygens (including phenoxy) is 1. The first-order valence-electron chi connectivity index (χ1n) is 11.0. The summed E-state index contributed by atoms with van der Waals surface area (Å²) >= 11 is 0. The van der Waals surface area contributed by atoms with Gasteiger partial charge in [-0.25, -0.2) is 0 Å². The van der Waals surface area contributed by atoms with Crippen molar-refractivity contribution >= 4 is 17.7 Å². The van der Waals surface area contributed by atoms with Gasteiger partial charge in [-0.15, -0.1) is 0 Å². The Morgan fingerprint density at radius 2 is 1.50 bits per heavy atom. The fourth-order valence-electron chi connectivity index (χ4n) is 3.75. The highest BCUT2D eigenvalue weighted by Gasteiger charge is 2.22. The largest absolute Gasteiger partial charge is 0.497 e. The Balaban J connectivity index is 1.49. The Bertz CT molecular complexity index is 925. The maximum Gasteiger partial charge on any atom is 0.253 e. The second-order valence-corrected chi connectivity index (χ2v) is 7.98. The number of methoxy groups -OCH3 is 1. The number of carbonyl (C=O) groups excluding carboxylic acids is 3. The fraction of sp³-hybridized carbons (Fsp3) is 0.400. The van der Waals surface area contributed by atoms with Crippen LogP contribution in [0.2, 0.25) is 0 Å². The van der Waals surface area contributed by atoms with Crippen molar-refractivity contribution in [2.45, 2.75) is 32.7 Å². The van der Waals surface area contributed by atoms with Gasteiger partial charge in [-0.1, -0.05) is 24.3 Å². The van der Waals surface area contributed by atoms with Gasteiger partial charge in [0.05, 0.1) is 7.11 Å². The third-order valence-corrected chi connectivity index (χ3v) is 5.66. The molecule has 3 rings (SSSR count). The van der Waals surface area contributed by atoms with E-state index >= 15 is 0 Å². The van der Waals surface area contributed by atoms with Crippen LogP contribution in [0.3, 0.4) is 0 Å². The number of rotatable bonds is 7. The highest BCUT2D eigenvalue weighted by atomic mass is 16.5. The summed E-state index contributed by atoms with van der Waals surface area (Å²) in [5, 5.41) is 2.75. The third-order valence-electron chi connectivity index (χ3n) is 5.66. The zero-order chi connectivity index (χ0) is 22.9. The summed E-state index contributed by atoms with van der Waals surface area (Å²) in [6.07, 6.45) is 1.91. The minimum atomic E-state index is -0.0854. The van der Waals surface area contributed by atoms with E-state index in [4.69, 9.17) is 4.74 Å². The smallest absolute Gasteiger partial charge is 0.253 e. The van der Waals surface area contributed by atoms with Crippen molar-refractivity contribution < 1.29 is 19.1 Å². The zero-order valence-electron chi connectivity index (χ0n) is 18.8. The highest BCUT2D eigenvalue weighted by Crippen LogP contribution is 2.15. The van der Waals surface area contributed by atoms with E-state index in [2.05, 4.69) is 5.32 Å². The van der Waals surface area contributed by atoms with E-state index in [9.17, 15) is 14.4 Å². The van der Waals surface area contributed by atoms with Crippen LogP contribution in [0.15, 0.2) is 48.5 Å². The highest BCUT2D eigenvalue weighted by molar-refractivity contribution is 5.94.